The predicted molar refractivity (Wildman–Crippen MR) is 75.6 cm³/mol. The lowest BCUT2D eigenvalue weighted by atomic mass is 10.3. The Balaban J connectivity index is 2.29. The number of halogens is 2. The minimum Gasteiger partial charge on any atom is -0.465 e. The summed E-state index contributed by atoms with van der Waals surface area (Å²) in [6.45, 7) is 1.70. The number of rotatable bonds is 3. The number of esters is 1. The molecule has 1 N–H and O–H groups in total. The van der Waals surface area contributed by atoms with E-state index in [0.29, 0.717) is 21.4 Å². The van der Waals surface area contributed by atoms with Crippen molar-refractivity contribution < 1.29 is 13.9 Å². The smallest absolute Gasteiger partial charge is 0.350 e. The van der Waals surface area contributed by atoms with E-state index in [1.165, 1.54) is 13.2 Å². The molecular formula is C12H10BrFN2O2S. The highest BCUT2D eigenvalue weighted by molar-refractivity contribution is 9.10. The summed E-state index contributed by atoms with van der Waals surface area (Å²) in [6.07, 6.45) is 0. The molecule has 0 atom stereocenters. The number of thiazole rings is 1. The quantitative estimate of drug-likeness (QED) is 0.858. The fourth-order valence-corrected chi connectivity index (χ4v) is 2.70. The van der Waals surface area contributed by atoms with Crippen LogP contribution in [-0.2, 0) is 4.74 Å². The zero-order chi connectivity index (χ0) is 14.0. The van der Waals surface area contributed by atoms with Gasteiger partial charge in [-0.25, -0.2) is 14.2 Å². The number of aryl methyl sites for hydroxylation is 1. The van der Waals surface area contributed by atoms with Gasteiger partial charge in [-0.05, 0) is 25.1 Å². The van der Waals surface area contributed by atoms with Crippen molar-refractivity contribution in [1.29, 1.82) is 0 Å². The molecule has 0 spiro atoms. The summed E-state index contributed by atoms with van der Waals surface area (Å²) in [5, 5.41) is 3.29. The average molecular weight is 345 g/mol. The number of hydrogen-bond donors (Lipinski definition) is 1. The molecule has 0 fully saturated rings. The molecule has 0 saturated heterocycles. The van der Waals surface area contributed by atoms with Crippen molar-refractivity contribution in [2.75, 3.05) is 12.4 Å². The first-order valence-electron chi connectivity index (χ1n) is 5.29. The molecule has 1 heterocycles. The van der Waals surface area contributed by atoms with E-state index < -0.39 is 11.8 Å². The van der Waals surface area contributed by atoms with Crippen molar-refractivity contribution in [1.82, 2.24) is 4.98 Å². The summed E-state index contributed by atoms with van der Waals surface area (Å²) in [5.74, 6) is -0.839. The molecule has 100 valence electrons. The van der Waals surface area contributed by atoms with Crippen LogP contribution in [0.3, 0.4) is 0 Å². The van der Waals surface area contributed by atoms with Crippen LogP contribution in [0.25, 0.3) is 0 Å². The van der Waals surface area contributed by atoms with E-state index in [9.17, 15) is 9.18 Å². The molecule has 0 amide bonds. The van der Waals surface area contributed by atoms with Gasteiger partial charge in [-0.3, -0.25) is 0 Å². The molecule has 0 aliphatic rings. The molecule has 0 aliphatic heterocycles. The third-order valence-electron chi connectivity index (χ3n) is 2.34. The zero-order valence-corrected chi connectivity index (χ0v) is 12.6. The lowest BCUT2D eigenvalue weighted by Gasteiger charge is -2.04. The van der Waals surface area contributed by atoms with Crippen LogP contribution in [0.5, 0.6) is 0 Å². The number of nitrogens with zero attached hydrogens (tertiary/aromatic N) is 1. The third kappa shape index (κ3) is 3.10. The molecule has 19 heavy (non-hydrogen) atoms. The molecule has 2 aromatic rings. The topological polar surface area (TPSA) is 51.2 Å². The van der Waals surface area contributed by atoms with Gasteiger partial charge in [0.05, 0.1) is 18.5 Å². The minimum atomic E-state index is -0.447. The Morgan fingerprint density at radius 2 is 2.26 bits per heavy atom. The Morgan fingerprint density at radius 3 is 2.95 bits per heavy atom. The van der Waals surface area contributed by atoms with Gasteiger partial charge in [-0.15, -0.1) is 0 Å². The third-order valence-corrected chi connectivity index (χ3v) is 3.88. The number of ether oxygens (including phenoxy) is 1. The number of anilines is 2. The first-order chi connectivity index (χ1) is 9.01. The van der Waals surface area contributed by atoms with Gasteiger partial charge >= 0.3 is 5.97 Å². The van der Waals surface area contributed by atoms with Gasteiger partial charge in [0, 0.05) is 4.47 Å². The maximum absolute atomic E-state index is 13.6. The molecular weight excluding hydrogens is 335 g/mol. The molecule has 1 aromatic heterocycles. The normalized spacial score (nSPS) is 10.3. The summed E-state index contributed by atoms with van der Waals surface area (Å²) < 4.78 is 19.0. The van der Waals surface area contributed by atoms with E-state index in [-0.39, 0.29) is 0 Å². The van der Waals surface area contributed by atoms with Crippen LogP contribution in [0.2, 0.25) is 0 Å². The van der Waals surface area contributed by atoms with Crippen molar-refractivity contribution in [2.24, 2.45) is 0 Å². The van der Waals surface area contributed by atoms with Gasteiger partial charge < -0.3 is 10.1 Å². The van der Waals surface area contributed by atoms with Crippen molar-refractivity contribution >= 4 is 44.1 Å². The van der Waals surface area contributed by atoms with Crippen LogP contribution in [0.4, 0.5) is 15.2 Å². The van der Waals surface area contributed by atoms with Crippen LogP contribution in [0.1, 0.15) is 15.4 Å². The number of nitrogens with one attached hydrogen (secondary N) is 1. The Labute approximate surface area is 121 Å². The first kappa shape index (κ1) is 14.0. The summed E-state index contributed by atoms with van der Waals surface area (Å²) >= 11 is 4.39. The van der Waals surface area contributed by atoms with Gasteiger partial charge in [0.15, 0.2) is 5.13 Å². The molecule has 0 saturated carbocycles. The highest BCUT2D eigenvalue weighted by atomic mass is 79.9. The molecule has 0 aliphatic carbocycles. The SMILES string of the molecule is COC(=O)c1sc(Nc2cc(Br)ccc2F)nc1C. The zero-order valence-electron chi connectivity index (χ0n) is 10.2. The number of carbonyl (C=O) groups excluding carboxylic acids is 1. The molecule has 0 unspecified atom stereocenters. The number of methoxy groups -OCH3 is 1. The maximum Gasteiger partial charge on any atom is 0.350 e. The van der Waals surface area contributed by atoms with Crippen LogP contribution in [0.15, 0.2) is 22.7 Å². The lowest BCUT2D eigenvalue weighted by molar-refractivity contribution is 0.0605. The average Bonchev–Trinajstić information content (AvgIpc) is 2.74. The monoisotopic (exact) mass is 344 g/mol. The van der Waals surface area contributed by atoms with E-state index in [1.807, 2.05) is 0 Å². The second-order valence-electron chi connectivity index (χ2n) is 3.67. The maximum atomic E-state index is 13.6. The minimum absolute atomic E-state index is 0.291. The van der Waals surface area contributed by atoms with Crippen molar-refractivity contribution in [3.63, 3.8) is 0 Å². The highest BCUT2D eigenvalue weighted by Crippen LogP contribution is 2.28. The van der Waals surface area contributed by atoms with E-state index in [2.05, 4.69) is 31.0 Å². The molecule has 7 heteroatoms. The number of aromatic nitrogens is 1. The Bertz CT molecular complexity index is 630. The fraction of sp³-hybridized carbons (Fsp3) is 0.167. The number of hydrogen-bond acceptors (Lipinski definition) is 5. The lowest BCUT2D eigenvalue weighted by Crippen LogP contribution is -1.99. The highest BCUT2D eigenvalue weighted by Gasteiger charge is 2.16. The van der Waals surface area contributed by atoms with E-state index in [0.717, 1.165) is 15.8 Å². The summed E-state index contributed by atoms with van der Waals surface area (Å²) in [4.78, 5) is 16.0. The van der Waals surface area contributed by atoms with Crippen molar-refractivity contribution in [2.45, 2.75) is 6.92 Å². The summed E-state index contributed by atoms with van der Waals surface area (Å²) in [6, 6.07) is 4.55. The standard InChI is InChI=1S/C12H10BrFN2O2S/c1-6-10(11(17)18-2)19-12(15-6)16-9-5-7(13)3-4-8(9)14/h3-5H,1-2H3,(H,15,16). The van der Waals surface area contributed by atoms with Gasteiger partial charge in [-0.1, -0.05) is 27.3 Å². The van der Waals surface area contributed by atoms with Crippen LogP contribution in [-0.4, -0.2) is 18.1 Å². The Morgan fingerprint density at radius 1 is 1.53 bits per heavy atom. The summed E-state index contributed by atoms with van der Waals surface area (Å²) in [7, 11) is 1.31. The molecule has 1 aromatic carbocycles. The number of benzene rings is 1. The predicted octanol–water partition coefficient (Wildman–Crippen LogP) is 3.88. The van der Waals surface area contributed by atoms with E-state index in [1.54, 1.807) is 19.1 Å². The Kier molecular flexibility index (Phi) is 4.16. The van der Waals surface area contributed by atoms with Gasteiger partial charge in [0.25, 0.3) is 0 Å². The molecule has 0 radical (unpaired) electrons. The number of carbonyl (C=O) groups is 1. The second-order valence-corrected chi connectivity index (χ2v) is 5.59. The van der Waals surface area contributed by atoms with Gasteiger partial charge in [0.2, 0.25) is 0 Å². The molecule has 2 rings (SSSR count). The van der Waals surface area contributed by atoms with Crippen molar-refractivity contribution in [3.8, 4) is 0 Å². The van der Waals surface area contributed by atoms with Gasteiger partial charge in [-0.2, -0.15) is 0 Å². The second kappa shape index (κ2) is 5.66. The fourth-order valence-electron chi connectivity index (χ4n) is 1.44. The van der Waals surface area contributed by atoms with Gasteiger partial charge in [0.1, 0.15) is 10.7 Å². The van der Waals surface area contributed by atoms with Crippen LogP contribution >= 0.6 is 27.3 Å². The first-order valence-corrected chi connectivity index (χ1v) is 6.90. The van der Waals surface area contributed by atoms with E-state index >= 15 is 0 Å². The molecule has 0 bridgehead atoms. The largest absolute Gasteiger partial charge is 0.465 e. The Hall–Kier alpha value is -1.47. The van der Waals surface area contributed by atoms with Crippen molar-refractivity contribution in [3.05, 3.63) is 39.1 Å². The summed E-state index contributed by atoms with van der Waals surface area (Å²) in [5.41, 5.74) is 0.842. The molecule has 4 nitrogen and oxygen atoms in total. The van der Waals surface area contributed by atoms with E-state index in [4.69, 9.17) is 0 Å². The van der Waals surface area contributed by atoms with Crippen LogP contribution in [0, 0.1) is 12.7 Å². The van der Waals surface area contributed by atoms with Crippen LogP contribution < -0.4 is 5.32 Å².